The van der Waals surface area contributed by atoms with Crippen LogP contribution >= 0.6 is 0 Å². The van der Waals surface area contributed by atoms with E-state index in [0.717, 1.165) is 6.20 Å². The van der Waals surface area contributed by atoms with Crippen molar-refractivity contribution >= 4 is 16.9 Å². The highest BCUT2D eigenvalue weighted by molar-refractivity contribution is 5.97. The number of esters is 1. The highest BCUT2D eigenvalue weighted by Gasteiger charge is 2.15. The summed E-state index contributed by atoms with van der Waals surface area (Å²) in [5.41, 5.74) is 0.454. The van der Waals surface area contributed by atoms with Crippen molar-refractivity contribution in [1.29, 1.82) is 0 Å². The van der Waals surface area contributed by atoms with Crippen molar-refractivity contribution in [3.8, 4) is 5.75 Å². The quantitative estimate of drug-likeness (QED) is 0.806. The highest BCUT2D eigenvalue weighted by Crippen LogP contribution is 2.29. The van der Waals surface area contributed by atoms with Gasteiger partial charge < -0.3 is 9.47 Å². The molecule has 0 atom stereocenters. The monoisotopic (exact) mass is 281 g/mol. The highest BCUT2D eigenvalue weighted by atomic mass is 19.3. The molecule has 0 aliphatic rings. The van der Waals surface area contributed by atoms with Gasteiger partial charge in [0.05, 0.1) is 19.3 Å². The number of hydrogen-bond acceptors (Lipinski definition) is 4. The van der Waals surface area contributed by atoms with Gasteiger partial charge in [0.2, 0.25) is 0 Å². The fourth-order valence-electron chi connectivity index (χ4n) is 1.84. The molecule has 1 aromatic heterocycles. The SMILES string of the molecule is CCOC(=O)c1cc(OC)c2ncc(C(F)F)cc2c1. The first-order valence-electron chi connectivity index (χ1n) is 5.99. The van der Waals surface area contributed by atoms with Gasteiger partial charge in [-0.3, -0.25) is 4.98 Å². The maximum atomic E-state index is 12.7. The minimum Gasteiger partial charge on any atom is -0.494 e. The number of halogens is 2. The van der Waals surface area contributed by atoms with Crippen LogP contribution in [0.5, 0.6) is 5.75 Å². The molecule has 0 aliphatic carbocycles. The molecule has 2 aromatic rings. The van der Waals surface area contributed by atoms with Crippen molar-refractivity contribution in [2.75, 3.05) is 13.7 Å². The zero-order valence-electron chi connectivity index (χ0n) is 11.0. The molecular formula is C14H13F2NO3. The van der Waals surface area contributed by atoms with Gasteiger partial charge in [-0.15, -0.1) is 0 Å². The Morgan fingerprint density at radius 1 is 1.35 bits per heavy atom. The van der Waals surface area contributed by atoms with Gasteiger partial charge >= 0.3 is 5.97 Å². The van der Waals surface area contributed by atoms with Crippen LogP contribution in [-0.2, 0) is 4.74 Å². The van der Waals surface area contributed by atoms with Crippen LogP contribution in [-0.4, -0.2) is 24.7 Å². The second kappa shape index (κ2) is 5.81. The minimum atomic E-state index is -2.62. The number of carbonyl (C=O) groups excluding carboxylic acids is 1. The molecule has 0 saturated carbocycles. The number of carbonyl (C=O) groups is 1. The minimum absolute atomic E-state index is 0.208. The molecular weight excluding hydrogens is 268 g/mol. The third kappa shape index (κ3) is 2.68. The molecule has 6 heteroatoms. The average Bonchev–Trinajstić information content (AvgIpc) is 2.45. The fraction of sp³-hybridized carbons (Fsp3) is 0.286. The summed E-state index contributed by atoms with van der Waals surface area (Å²) in [5, 5.41) is 0.408. The topological polar surface area (TPSA) is 48.4 Å². The maximum Gasteiger partial charge on any atom is 0.338 e. The normalized spacial score (nSPS) is 10.8. The number of hydrogen-bond donors (Lipinski definition) is 0. The lowest BCUT2D eigenvalue weighted by molar-refractivity contribution is 0.0526. The standard InChI is InChI=1S/C14H13F2NO3/c1-3-20-14(18)9-4-8-5-10(13(15)16)7-17-12(8)11(6-9)19-2/h4-7,13H,3H2,1-2H3. The Balaban J connectivity index is 2.60. The second-order valence-electron chi connectivity index (χ2n) is 4.04. The van der Waals surface area contributed by atoms with Gasteiger partial charge in [0.1, 0.15) is 11.3 Å². The van der Waals surface area contributed by atoms with Gasteiger partial charge in [0.25, 0.3) is 6.43 Å². The van der Waals surface area contributed by atoms with Crippen molar-refractivity contribution in [2.45, 2.75) is 13.3 Å². The number of aromatic nitrogens is 1. The summed E-state index contributed by atoms with van der Waals surface area (Å²) in [4.78, 5) is 15.7. The summed E-state index contributed by atoms with van der Waals surface area (Å²) in [5.74, 6) is -0.193. The van der Waals surface area contributed by atoms with E-state index in [1.54, 1.807) is 6.92 Å². The lowest BCUT2D eigenvalue weighted by Gasteiger charge is -2.09. The molecule has 0 fully saturated rings. The van der Waals surface area contributed by atoms with E-state index in [-0.39, 0.29) is 17.7 Å². The Labute approximate surface area is 114 Å². The van der Waals surface area contributed by atoms with E-state index in [2.05, 4.69) is 4.98 Å². The molecule has 0 spiro atoms. The molecule has 0 unspecified atom stereocenters. The number of benzene rings is 1. The van der Waals surface area contributed by atoms with Gasteiger partial charge in [-0.05, 0) is 25.1 Å². The molecule has 0 N–H and O–H groups in total. The van der Waals surface area contributed by atoms with Crippen LogP contribution < -0.4 is 4.74 Å². The number of ether oxygens (including phenoxy) is 2. The lowest BCUT2D eigenvalue weighted by atomic mass is 10.1. The van der Waals surface area contributed by atoms with Gasteiger partial charge in [-0.1, -0.05) is 0 Å². The average molecular weight is 281 g/mol. The molecule has 2 rings (SSSR count). The van der Waals surface area contributed by atoms with Gasteiger partial charge in [-0.25, -0.2) is 13.6 Å². The molecule has 106 valence electrons. The summed E-state index contributed by atoms with van der Waals surface area (Å²) in [6, 6.07) is 4.24. The molecule has 0 aliphatic heterocycles. The first-order chi connectivity index (χ1) is 9.56. The van der Waals surface area contributed by atoms with Crippen LogP contribution in [0.2, 0.25) is 0 Å². The number of pyridine rings is 1. The van der Waals surface area contributed by atoms with Crippen molar-refractivity contribution < 1.29 is 23.0 Å². The van der Waals surface area contributed by atoms with Crippen LogP contribution in [0.4, 0.5) is 8.78 Å². The molecule has 0 saturated heterocycles. The zero-order valence-corrected chi connectivity index (χ0v) is 11.0. The van der Waals surface area contributed by atoms with E-state index < -0.39 is 12.4 Å². The van der Waals surface area contributed by atoms with E-state index in [0.29, 0.717) is 16.7 Å². The molecule has 4 nitrogen and oxygen atoms in total. The van der Waals surface area contributed by atoms with Crippen molar-refractivity contribution in [2.24, 2.45) is 0 Å². The summed E-state index contributed by atoms with van der Waals surface area (Å²) < 4.78 is 35.4. The maximum absolute atomic E-state index is 12.7. The fourth-order valence-corrected chi connectivity index (χ4v) is 1.84. The van der Waals surface area contributed by atoms with Crippen LogP contribution in [0.3, 0.4) is 0 Å². The first-order valence-corrected chi connectivity index (χ1v) is 5.99. The van der Waals surface area contributed by atoms with Crippen LogP contribution in [0.25, 0.3) is 10.9 Å². The summed E-state index contributed by atoms with van der Waals surface area (Å²) >= 11 is 0. The van der Waals surface area contributed by atoms with Gasteiger partial charge in [0, 0.05) is 17.1 Å². The van der Waals surface area contributed by atoms with E-state index in [9.17, 15) is 13.6 Å². The largest absolute Gasteiger partial charge is 0.494 e. The third-order valence-electron chi connectivity index (χ3n) is 2.75. The number of nitrogens with zero attached hydrogens (tertiary/aromatic N) is 1. The summed E-state index contributed by atoms with van der Waals surface area (Å²) in [6.07, 6.45) is -1.52. The summed E-state index contributed by atoms with van der Waals surface area (Å²) in [6.45, 7) is 1.92. The van der Waals surface area contributed by atoms with E-state index in [1.165, 1.54) is 25.3 Å². The number of fused-ring (bicyclic) bond motifs is 1. The molecule has 1 aromatic carbocycles. The third-order valence-corrected chi connectivity index (χ3v) is 2.75. The van der Waals surface area contributed by atoms with Gasteiger partial charge in [0.15, 0.2) is 0 Å². The van der Waals surface area contributed by atoms with Crippen LogP contribution in [0.15, 0.2) is 24.4 Å². The number of methoxy groups -OCH3 is 1. The van der Waals surface area contributed by atoms with E-state index >= 15 is 0 Å². The zero-order chi connectivity index (χ0) is 14.7. The Hall–Kier alpha value is -2.24. The molecule has 0 radical (unpaired) electrons. The van der Waals surface area contributed by atoms with Crippen molar-refractivity contribution in [3.63, 3.8) is 0 Å². The lowest BCUT2D eigenvalue weighted by Crippen LogP contribution is -2.05. The molecule has 20 heavy (non-hydrogen) atoms. The Morgan fingerprint density at radius 2 is 2.10 bits per heavy atom. The molecule has 0 amide bonds. The number of alkyl halides is 2. The van der Waals surface area contributed by atoms with Crippen molar-refractivity contribution in [1.82, 2.24) is 4.98 Å². The van der Waals surface area contributed by atoms with E-state index in [1.807, 2.05) is 0 Å². The smallest absolute Gasteiger partial charge is 0.338 e. The van der Waals surface area contributed by atoms with Gasteiger partial charge in [-0.2, -0.15) is 0 Å². The molecule has 0 bridgehead atoms. The predicted octanol–water partition coefficient (Wildman–Crippen LogP) is 3.36. The Bertz CT molecular complexity index is 644. The van der Waals surface area contributed by atoms with Crippen molar-refractivity contribution in [3.05, 3.63) is 35.5 Å². The molecule has 1 heterocycles. The van der Waals surface area contributed by atoms with Crippen LogP contribution in [0, 0.1) is 0 Å². The number of rotatable bonds is 4. The first kappa shape index (κ1) is 14.2. The predicted molar refractivity (Wildman–Crippen MR) is 69.2 cm³/mol. The second-order valence-corrected chi connectivity index (χ2v) is 4.04. The summed E-state index contributed by atoms with van der Waals surface area (Å²) in [7, 11) is 1.42. The Morgan fingerprint density at radius 3 is 2.70 bits per heavy atom. The van der Waals surface area contributed by atoms with Crippen LogP contribution in [0.1, 0.15) is 29.3 Å². The Kier molecular flexibility index (Phi) is 4.12. The van der Waals surface area contributed by atoms with E-state index in [4.69, 9.17) is 9.47 Å².